The molecule has 1 rings (SSSR count). The Balaban J connectivity index is 0. The average molecular weight is 234 g/mol. The molecule has 1 aromatic rings. The van der Waals surface area contributed by atoms with Gasteiger partial charge in [-0.25, -0.2) is 13.8 Å². The van der Waals surface area contributed by atoms with Crippen LogP contribution in [0, 0.1) is 6.92 Å². The van der Waals surface area contributed by atoms with E-state index in [0.29, 0.717) is 0 Å². The van der Waals surface area contributed by atoms with Gasteiger partial charge in [0.25, 0.3) is 6.43 Å². The molecular formula is C11H20F2N2O. The molecule has 1 heterocycles. The van der Waals surface area contributed by atoms with Crippen molar-refractivity contribution in [2.75, 3.05) is 6.61 Å². The van der Waals surface area contributed by atoms with E-state index in [9.17, 15) is 8.78 Å². The number of aryl methyl sites for hydroxylation is 1. The van der Waals surface area contributed by atoms with Gasteiger partial charge >= 0.3 is 0 Å². The molecule has 16 heavy (non-hydrogen) atoms. The van der Waals surface area contributed by atoms with Gasteiger partial charge in [0, 0.05) is 0 Å². The van der Waals surface area contributed by atoms with Crippen LogP contribution in [0.1, 0.15) is 33.4 Å². The van der Waals surface area contributed by atoms with Gasteiger partial charge in [0.15, 0.2) is 6.61 Å². The normalized spacial score (nSPS) is 8.50. The summed E-state index contributed by atoms with van der Waals surface area (Å²) in [6.07, 6.45) is 0.298. The molecule has 0 saturated heterocycles. The van der Waals surface area contributed by atoms with Gasteiger partial charge in [-0.15, -0.1) is 0 Å². The predicted octanol–water partition coefficient (Wildman–Crippen LogP) is 3.48. The first-order valence-electron chi connectivity index (χ1n) is 5.38. The molecule has 0 fully saturated rings. The van der Waals surface area contributed by atoms with E-state index in [-0.39, 0.29) is 5.88 Å². The summed E-state index contributed by atoms with van der Waals surface area (Å²) in [7, 11) is 0. The van der Waals surface area contributed by atoms with Crippen molar-refractivity contribution >= 4 is 0 Å². The van der Waals surface area contributed by atoms with Crippen LogP contribution in [0.3, 0.4) is 0 Å². The summed E-state index contributed by atoms with van der Waals surface area (Å²) in [5, 5.41) is 0. The number of aromatic nitrogens is 2. The number of nitrogens with zero attached hydrogens (tertiary/aromatic N) is 2. The molecular weight excluding hydrogens is 214 g/mol. The van der Waals surface area contributed by atoms with Crippen LogP contribution in [0.25, 0.3) is 0 Å². The molecule has 0 aromatic carbocycles. The molecule has 0 unspecified atom stereocenters. The van der Waals surface area contributed by atoms with Crippen LogP contribution in [0.2, 0.25) is 0 Å². The van der Waals surface area contributed by atoms with Crippen LogP contribution in [-0.4, -0.2) is 23.0 Å². The van der Waals surface area contributed by atoms with E-state index in [4.69, 9.17) is 0 Å². The second-order valence-electron chi connectivity index (χ2n) is 2.20. The zero-order chi connectivity index (χ0) is 13.0. The molecule has 0 radical (unpaired) electrons. The third-order valence-electron chi connectivity index (χ3n) is 1.11. The van der Waals surface area contributed by atoms with E-state index < -0.39 is 13.0 Å². The molecule has 0 amide bonds. The number of hydrogen-bond donors (Lipinski definition) is 0. The molecule has 0 aliphatic rings. The molecule has 0 atom stereocenters. The first kappa shape index (κ1) is 17.1. The second-order valence-corrected chi connectivity index (χ2v) is 2.20. The molecule has 0 aliphatic carbocycles. The molecule has 0 aliphatic heterocycles. The molecule has 94 valence electrons. The minimum atomic E-state index is -2.48. The van der Waals surface area contributed by atoms with Crippen molar-refractivity contribution in [3.05, 3.63) is 18.1 Å². The van der Waals surface area contributed by atoms with Crippen molar-refractivity contribution in [1.82, 2.24) is 9.97 Å². The lowest BCUT2D eigenvalue weighted by Gasteiger charge is -2.02. The van der Waals surface area contributed by atoms with Gasteiger partial charge in [-0.1, -0.05) is 27.7 Å². The Bertz CT molecular complexity index is 240. The molecule has 0 spiro atoms. The zero-order valence-electron chi connectivity index (χ0n) is 10.5. The highest BCUT2D eigenvalue weighted by Crippen LogP contribution is 2.04. The lowest BCUT2D eigenvalue weighted by Crippen LogP contribution is -2.08. The zero-order valence-corrected chi connectivity index (χ0v) is 10.5. The van der Waals surface area contributed by atoms with Crippen molar-refractivity contribution in [3.63, 3.8) is 0 Å². The van der Waals surface area contributed by atoms with Crippen molar-refractivity contribution in [3.8, 4) is 5.88 Å². The van der Waals surface area contributed by atoms with Gasteiger partial charge in [-0.05, 0) is 6.92 Å². The number of hydrogen-bond acceptors (Lipinski definition) is 3. The lowest BCUT2D eigenvalue weighted by molar-refractivity contribution is 0.0793. The predicted molar refractivity (Wildman–Crippen MR) is 61.0 cm³/mol. The SMILES string of the molecule is CC.CC.Cc1cnc(OCC(F)F)cn1. The van der Waals surface area contributed by atoms with Gasteiger partial charge in [0.1, 0.15) is 0 Å². The van der Waals surface area contributed by atoms with Gasteiger partial charge < -0.3 is 4.74 Å². The van der Waals surface area contributed by atoms with Crippen molar-refractivity contribution in [1.29, 1.82) is 0 Å². The molecule has 3 nitrogen and oxygen atoms in total. The number of halogens is 2. The Morgan fingerprint density at radius 1 is 1.12 bits per heavy atom. The van der Waals surface area contributed by atoms with Gasteiger partial charge in [0.2, 0.25) is 5.88 Å². The average Bonchev–Trinajstić information content (AvgIpc) is 2.33. The molecule has 0 saturated carbocycles. The summed E-state index contributed by atoms with van der Waals surface area (Å²) in [6.45, 7) is 9.11. The summed E-state index contributed by atoms with van der Waals surface area (Å²) >= 11 is 0. The van der Waals surface area contributed by atoms with Crippen LogP contribution >= 0.6 is 0 Å². The molecule has 1 aromatic heterocycles. The van der Waals surface area contributed by atoms with Gasteiger partial charge in [0.05, 0.1) is 18.1 Å². The van der Waals surface area contributed by atoms with Crippen molar-refractivity contribution < 1.29 is 13.5 Å². The minimum Gasteiger partial charge on any atom is -0.470 e. The maximum Gasteiger partial charge on any atom is 0.272 e. The lowest BCUT2D eigenvalue weighted by atomic mass is 10.5. The fourth-order valence-electron chi connectivity index (χ4n) is 0.604. The topological polar surface area (TPSA) is 35.0 Å². The summed E-state index contributed by atoms with van der Waals surface area (Å²) in [6, 6.07) is 0. The van der Waals surface area contributed by atoms with E-state index in [2.05, 4.69) is 14.7 Å². The second kappa shape index (κ2) is 11.8. The minimum absolute atomic E-state index is 0.126. The largest absolute Gasteiger partial charge is 0.470 e. The maximum absolute atomic E-state index is 11.6. The third-order valence-corrected chi connectivity index (χ3v) is 1.11. The van der Waals surface area contributed by atoms with E-state index in [1.54, 1.807) is 6.92 Å². The standard InChI is InChI=1S/C7H8F2N2O.2C2H6/c1-5-2-11-7(3-10-5)12-4-6(8)9;2*1-2/h2-3,6H,4H2,1H3;2*1-2H3. The van der Waals surface area contributed by atoms with Crippen molar-refractivity contribution in [2.24, 2.45) is 0 Å². The van der Waals surface area contributed by atoms with Crippen molar-refractivity contribution in [2.45, 2.75) is 41.0 Å². The monoisotopic (exact) mass is 234 g/mol. The quantitative estimate of drug-likeness (QED) is 0.803. The summed E-state index contributed by atoms with van der Waals surface area (Å²) in [4.78, 5) is 7.56. The van der Waals surface area contributed by atoms with Crippen LogP contribution < -0.4 is 4.74 Å². The highest BCUT2D eigenvalue weighted by molar-refractivity contribution is 5.05. The summed E-state index contributed by atoms with van der Waals surface area (Å²) in [5.41, 5.74) is 0.722. The molecule has 0 N–H and O–H groups in total. The Hall–Kier alpha value is -1.26. The fraction of sp³-hybridized carbons (Fsp3) is 0.636. The first-order chi connectivity index (χ1) is 7.68. The smallest absolute Gasteiger partial charge is 0.272 e. The first-order valence-corrected chi connectivity index (χ1v) is 5.38. The third kappa shape index (κ3) is 9.30. The number of ether oxygens (including phenoxy) is 1. The van der Waals surface area contributed by atoms with Crippen LogP contribution in [0.5, 0.6) is 5.88 Å². The molecule has 5 heteroatoms. The number of rotatable bonds is 3. The van der Waals surface area contributed by atoms with Gasteiger partial charge in [-0.2, -0.15) is 0 Å². The van der Waals surface area contributed by atoms with Gasteiger partial charge in [-0.3, -0.25) is 4.98 Å². The number of alkyl halides is 2. The Kier molecular flexibility index (Phi) is 12.7. The van der Waals surface area contributed by atoms with Crippen LogP contribution in [-0.2, 0) is 0 Å². The Morgan fingerprint density at radius 2 is 1.69 bits per heavy atom. The Labute approximate surface area is 95.9 Å². The van der Waals surface area contributed by atoms with E-state index in [0.717, 1.165) is 5.69 Å². The Morgan fingerprint density at radius 3 is 2.06 bits per heavy atom. The van der Waals surface area contributed by atoms with Crippen LogP contribution in [0.4, 0.5) is 8.78 Å². The van der Waals surface area contributed by atoms with E-state index in [1.165, 1.54) is 12.4 Å². The summed E-state index contributed by atoms with van der Waals surface area (Å²) < 4.78 is 27.9. The summed E-state index contributed by atoms with van der Waals surface area (Å²) in [5.74, 6) is 0.126. The molecule has 0 bridgehead atoms. The van der Waals surface area contributed by atoms with E-state index in [1.807, 2.05) is 27.7 Å². The van der Waals surface area contributed by atoms with Crippen LogP contribution in [0.15, 0.2) is 12.4 Å². The fourth-order valence-corrected chi connectivity index (χ4v) is 0.604. The van der Waals surface area contributed by atoms with E-state index >= 15 is 0 Å². The maximum atomic E-state index is 11.6. The highest BCUT2D eigenvalue weighted by atomic mass is 19.3. The highest BCUT2D eigenvalue weighted by Gasteiger charge is 2.03.